The molecule has 0 aliphatic carbocycles. The van der Waals surface area contributed by atoms with Crippen LogP contribution in [0.5, 0.6) is 0 Å². The fraction of sp³-hybridized carbons (Fsp3) is 0.591. The first-order chi connectivity index (χ1) is 24.9. The number of aryl methyl sites for hydroxylation is 5. The van der Waals surface area contributed by atoms with Crippen LogP contribution >= 0.6 is 0 Å². The molecular formula is C44H67N3O3S. The Hall–Kier alpha value is -2.55. The van der Waals surface area contributed by atoms with Crippen molar-refractivity contribution in [2.75, 3.05) is 59.0 Å². The number of likely N-dealkylation sites (tertiary alicyclic amines) is 2. The summed E-state index contributed by atoms with van der Waals surface area (Å²) in [7, 11) is -3.65. The van der Waals surface area contributed by atoms with E-state index in [-0.39, 0.29) is 11.5 Å². The molecule has 0 spiro atoms. The van der Waals surface area contributed by atoms with Gasteiger partial charge in [0.25, 0.3) is 10.1 Å². The zero-order valence-corrected chi connectivity index (χ0v) is 32.7. The maximum atomic E-state index is 12.1. The molecule has 0 atom stereocenters. The monoisotopic (exact) mass is 717 g/mol. The first-order valence-corrected chi connectivity index (χ1v) is 21.6. The average molecular weight is 718 g/mol. The van der Waals surface area contributed by atoms with E-state index in [9.17, 15) is 8.42 Å². The Morgan fingerprint density at radius 2 is 1.06 bits per heavy atom. The SMILES string of the molecule is C1CCNC1.CCCCc1cccc(CCCOS(=O)(=O)c2ccc(C)cc2)c1.c1cc(CCCN2CCCC2)cc(CCCN2CCCC2)c1. The maximum absolute atomic E-state index is 12.1. The van der Waals surface area contributed by atoms with Crippen molar-refractivity contribution in [3.8, 4) is 0 Å². The van der Waals surface area contributed by atoms with Crippen molar-refractivity contribution in [1.82, 2.24) is 15.1 Å². The van der Waals surface area contributed by atoms with Crippen LogP contribution in [0.15, 0.2) is 77.7 Å². The van der Waals surface area contributed by atoms with E-state index in [1.807, 2.05) is 6.92 Å². The van der Waals surface area contributed by atoms with E-state index >= 15 is 0 Å². The lowest BCUT2D eigenvalue weighted by Crippen LogP contribution is -2.21. The van der Waals surface area contributed by atoms with Crippen LogP contribution in [-0.2, 0) is 40.0 Å². The predicted molar refractivity (Wildman–Crippen MR) is 214 cm³/mol. The minimum atomic E-state index is -3.65. The molecule has 0 aromatic heterocycles. The summed E-state index contributed by atoms with van der Waals surface area (Å²) >= 11 is 0. The Labute approximate surface area is 311 Å². The van der Waals surface area contributed by atoms with E-state index in [0.29, 0.717) is 6.42 Å². The molecule has 282 valence electrons. The number of benzene rings is 3. The van der Waals surface area contributed by atoms with Gasteiger partial charge in [0.2, 0.25) is 0 Å². The predicted octanol–water partition coefficient (Wildman–Crippen LogP) is 8.79. The third-order valence-corrected chi connectivity index (χ3v) is 11.5. The quantitative estimate of drug-likeness (QED) is 0.111. The number of hydrogen-bond acceptors (Lipinski definition) is 6. The first-order valence-electron chi connectivity index (χ1n) is 20.2. The van der Waals surface area contributed by atoms with E-state index < -0.39 is 10.1 Å². The molecule has 3 aromatic carbocycles. The molecule has 3 aliphatic heterocycles. The topological polar surface area (TPSA) is 61.9 Å². The van der Waals surface area contributed by atoms with Gasteiger partial charge in [0.05, 0.1) is 11.5 Å². The summed E-state index contributed by atoms with van der Waals surface area (Å²) in [5.74, 6) is 0. The molecule has 3 saturated heterocycles. The second kappa shape index (κ2) is 23.9. The number of rotatable bonds is 17. The van der Waals surface area contributed by atoms with Crippen molar-refractivity contribution in [2.45, 2.75) is 115 Å². The van der Waals surface area contributed by atoms with Crippen LogP contribution in [0, 0.1) is 6.92 Å². The van der Waals surface area contributed by atoms with Gasteiger partial charge < -0.3 is 15.1 Å². The second-order valence-electron chi connectivity index (χ2n) is 14.7. The minimum Gasteiger partial charge on any atom is -0.317 e. The van der Waals surface area contributed by atoms with E-state index in [2.05, 4.69) is 70.6 Å². The third-order valence-electron chi connectivity index (χ3n) is 10.2. The molecule has 0 saturated carbocycles. The van der Waals surface area contributed by atoms with Gasteiger partial charge in [0, 0.05) is 0 Å². The van der Waals surface area contributed by atoms with Gasteiger partial charge in [-0.3, -0.25) is 4.18 Å². The summed E-state index contributed by atoms with van der Waals surface area (Å²) in [6, 6.07) is 24.6. The molecule has 51 heavy (non-hydrogen) atoms. The molecule has 7 heteroatoms. The van der Waals surface area contributed by atoms with Gasteiger partial charge in [-0.25, -0.2) is 0 Å². The van der Waals surface area contributed by atoms with Crippen LogP contribution in [0.3, 0.4) is 0 Å². The zero-order valence-electron chi connectivity index (χ0n) is 31.9. The van der Waals surface area contributed by atoms with Crippen molar-refractivity contribution in [3.05, 3.63) is 101 Å². The van der Waals surface area contributed by atoms with Crippen molar-refractivity contribution >= 4 is 10.1 Å². The Morgan fingerprint density at radius 1 is 0.608 bits per heavy atom. The Morgan fingerprint density at radius 3 is 1.49 bits per heavy atom. The van der Waals surface area contributed by atoms with Crippen molar-refractivity contribution in [3.63, 3.8) is 0 Å². The lowest BCUT2D eigenvalue weighted by molar-refractivity contribution is 0.312. The van der Waals surface area contributed by atoms with Gasteiger partial charge in [0.15, 0.2) is 0 Å². The summed E-state index contributed by atoms with van der Waals surface area (Å²) in [6.07, 6.45) is 18.5. The second-order valence-corrected chi connectivity index (χ2v) is 16.3. The van der Waals surface area contributed by atoms with Gasteiger partial charge in [-0.15, -0.1) is 0 Å². The molecule has 6 nitrogen and oxygen atoms in total. The highest BCUT2D eigenvalue weighted by molar-refractivity contribution is 7.86. The molecule has 3 aliphatic rings. The largest absolute Gasteiger partial charge is 0.317 e. The van der Waals surface area contributed by atoms with Crippen LogP contribution in [0.4, 0.5) is 0 Å². The number of nitrogens with one attached hydrogen (secondary N) is 1. The smallest absolute Gasteiger partial charge is 0.296 e. The minimum absolute atomic E-state index is 0.204. The van der Waals surface area contributed by atoms with Gasteiger partial charge in [-0.05, 0) is 184 Å². The first kappa shape index (κ1) is 41.2. The zero-order chi connectivity index (χ0) is 36.0. The van der Waals surface area contributed by atoms with E-state index in [1.54, 1.807) is 24.3 Å². The van der Waals surface area contributed by atoms with Crippen LogP contribution in [0.2, 0.25) is 0 Å². The molecule has 3 heterocycles. The number of nitrogens with zero attached hydrogens (tertiary/aromatic N) is 2. The van der Waals surface area contributed by atoms with Gasteiger partial charge >= 0.3 is 0 Å². The highest BCUT2D eigenvalue weighted by atomic mass is 32.2. The number of hydrogen-bond donors (Lipinski definition) is 1. The van der Waals surface area contributed by atoms with Crippen molar-refractivity contribution in [1.29, 1.82) is 0 Å². The Kier molecular flexibility index (Phi) is 19.3. The molecule has 3 aromatic rings. The lowest BCUT2D eigenvalue weighted by atomic mass is 10.0. The molecule has 0 bridgehead atoms. The normalized spacial score (nSPS) is 16.4. The van der Waals surface area contributed by atoms with Crippen molar-refractivity contribution in [2.24, 2.45) is 0 Å². The summed E-state index contributed by atoms with van der Waals surface area (Å²) in [5.41, 5.74) is 6.69. The standard InChI is InChI=1S/C20H32N2.C20H26O3S.C4H9N/c1-2-13-21(12-1)16-6-10-19-8-5-9-20(18-19)11-7-17-22-14-3-4-15-22;1-3-4-7-18-8-5-9-19(16-18)10-6-15-23-24(21,22)20-13-11-17(2)12-14-20;1-2-4-5-3-1/h5,8-9,18H,1-4,6-7,10-17H2;5,8-9,11-14,16H,3-4,6-7,10,15H2,1-2H3;5H,1-4H2. The highest BCUT2D eigenvalue weighted by Crippen LogP contribution is 2.16. The lowest BCUT2D eigenvalue weighted by Gasteiger charge is -2.15. The van der Waals surface area contributed by atoms with E-state index in [4.69, 9.17) is 4.18 Å². The fourth-order valence-corrected chi connectivity index (χ4v) is 8.07. The molecule has 0 unspecified atom stereocenters. The molecule has 0 radical (unpaired) electrons. The molecule has 0 amide bonds. The molecule has 6 rings (SSSR count). The highest BCUT2D eigenvalue weighted by Gasteiger charge is 2.15. The molecular weight excluding hydrogens is 651 g/mol. The van der Waals surface area contributed by atoms with Gasteiger partial charge in [-0.2, -0.15) is 8.42 Å². The van der Waals surface area contributed by atoms with Crippen molar-refractivity contribution < 1.29 is 12.6 Å². The summed E-state index contributed by atoms with van der Waals surface area (Å²) in [6.45, 7) is 14.7. The van der Waals surface area contributed by atoms with Crippen LogP contribution in [0.1, 0.15) is 105 Å². The fourth-order valence-electron chi connectivity index (χ4n) is 7.13. The summed E-state index contributed by atoms with van der Waals surface area (Å²) in [4.78, 5) is 5.47. The maximum Gasteiger partial charge on any atom is 0.296 e. The molecule has 3 fully saturated rings. The Balaban J connectivity index is 0.000000201. The van der Waals surface area contributed by atoms with Gasteiger partial charge in [0.1, 0.15) is 0 Å². The van der Waals surface area contributed by atoms with E-state index in [0.717, 1.165) is 18.4 Å². The average Bonchev–Trinajstić information content (AvgIpc) is 3.97. The van der Waals surface area contributed by atoms with Gasteiger partial charge in [-0.1, -0.05) is 79.6 Å². The van der Waals surface area contributed by atoms with Crippen LogP contribution in [-0.4, -0.2) is 77.2 Å². The van der Waals surface area contributed by atoms with Crippen LogP contribution in [0.25, 0.3) is 0 Å². The summed E-state index contributed by atoms with van der Waals surface area (Å²) in [5, 5.41) is 3.22. The number of unbranched alkanes of at least 4 members (excludes halogenated alkanes) is 1. The summed E-state index contributed by atoms with van der Waals surface area (Å²) < 4.78 is 29.4. The molecule has 1 N–H and O–H groups in total. The van der Waals surface area contributed by atoms with Crippen LogP contribution < -0.4 is 5.32 Å². The van der Waals surface area contributed by atoms with E-state index in [1.165, 1.54) is 152 Å². The third kappa shape index (κ3) is 16.8. The Bertz CT molecular complexity index is 1420.